The highest BCUT2D eigenvalue weighted by Gasteiger charge is 2.32. The minimum absolute atomic E-state index is 0.0886. The first-order chi connectivity index (χ1) is 8.23. The summed E-state index contributed by atoms with van der Waals surface area (Å²) < 4.78 is 6.63. The molecule has 0 atom stereocenters. The first kappa shape index (κ1) is 11.1. The molecule has 3 heteroatoms. The van der Waals surface area contributed by atoms with E-state index in [2.05, 4.69) is 12.1 Å². The van der Waals surface area contributed by atoms with Gasteiger partial charge in [-0.2, -0.15) is 0 Å². The van der Waals surface area contributed by atoms with E-state index in [1.165, 1.54) is 27.8 Å². The van der Waals surface area contributed by atoms with Crippen LogP contribution in [-0.2, 0) is 5.54 Å². The fourth-order valence-electron chi connectivity index (χ4n) is 2.69. The number of thiophene rings is 1. The van der Waals surface area contributed by atoms with Gasteiger partial charge in [0.25, 0.3) is 0 Å². The number of fused-ring (bicyclic) bond motifs is 1. The molecule has 2 aromatic rings. The Hall–Kier alpha value is -1.06. The fraction of sp³-hybridized carbons (Fsp3) is 0.429. The van der Waals surface area contributed by atoms with Crippen LogP contribution >= 0.6 is 11.3 Å². The molecule has 1 fully saturated rings. The van der Waals surface area contributed by atoms with Gasteiger partial charge in [-0.25, -0.2) is 0 Å². The minimum atomic E-state index is -0.0886. The van der Waals surface area contributed by atoms with Crippen LogP contribution in [0.1, 0.15) is 30.6 Å². The van der Waals surface area contributed by atoms with Crippen molar-refractivity contribution >= 4 is 21.4 Å². The fourth-order valence-corrected chi connectivity index (χ4v) is 4.00. The number of rotatable bonds is 2. The van der Waals surface area contributed by atoms with E-state index in [-0.39, 0.29) is 5.54 Å². The van der Waals surface area contributed by atoms with Crippen molar-refractivity contribution in [1.82, 2.24) is 0 Å². The molecule has 2 N–H and O–H groups in total. The lowest BCUT2D eigenvalue weighted by molar-refractivity contribution is 0.420. The summed E-state index contributed by atoms with van der Waals surface area (Å²) in [5.74, 6) is 0.959. The summed E-state index contributed by atoms with van der Waals surface area (Å²) in [6.45, 7) is 0. The van der Waals surface area contributed by atoms with E-state index in [9.17, 15) is 0 Å². The van der Waals surface area contributed by atoms with Crippen molar-refractivity contribution in [3.8, 4) is 5.75 Å². The van der Waals surface area contributed by atoms with E-state index < -0.39 is 0 Å². The molecular weight excluding hydrogens is 230 g/mol. The summed E-state index contributed by atoms with van der Waals surface area (Å²) in [7, 11) is 1.72. The molecule has 0 aliphatic heterocycles. The maximum Gasteiger partial charge on any atom is 0.136 e. The lowest BCUT2D eigenvalue weighted by atomic mass is 9.97. The third-order valence-corrected chi connectivity index (χ3v) is 5.10. The molecule has 1 saturated carbocycles. The molecule has 3 rings (SSSR count). The second-order valence-electron chi connectivity index (χ2n) is 4.85. The average molecular weight is 247 g/mol. The van der Waals surface area contributed by atoms with Gasteiger partial charge in [-0.3, -0.25) is 0 Å². The Morgan fingerprint density at radius 1 is 1.29 bits per heavy atom. The third kappa shape index (κ3) is 1.74. The average Bonchev–Trinajstić information content (AvgIpc) is 2.95. The summed E-state index contributed by atoms with van der Waals surface area (Å²) in [6.07, 6.45) is 4.73. The summed E-state index contributed by atoms with van der Waals surface area (Å²) in [6, 6.07) is 8.43. The molecule has 1 aromatic carbocycles. The highest BCUT2D eigenvalue weighted by atomic mass is 32.1. The molecule has 1 heterocycles. The number of hydrogen-bond donors (Lipinski definition) is 1. The maximum absolute atomic E-state index is 6.51. The van der Waals surface area contributed by atoms with Gasteiger partial charge in [-0.05, 0) is 30.4 Å². The molecule has 0 spiro atoms. The zero-order valence-corrected chi connectivity index (χ0v) is 10.8. The van der Waals surface area contributed by atoms with Gasteiger partial charge in [0.1, 0.15) is 5.75 Å². The van der Waals surface area contributed by atoms with Gasteiger partial charge in [0.05, 0.1) is 17.3 Å². The highest BCUT2D eigenvalue weighted by molar-refractivity contribution is 7.19. The summed E-state index contributed by atoms with van der Waals surface area (Å²) in [5, 5.41) is 1.25. The van der Waals surface area contributed by atoms with Crippen LogP contribution in [0.25, 0.3) is 10.1 Å². The SMILES string of the molecule is COc1cccc2cc(C3(N)CCCC3)sc12. The highest BCUT2D eigenvalue weighted by Crippen LogP contribution is 2.43. The lowest BCUT2D eigenvalue weighted by Gasteiger charge is -2.21. The molecule has 0 saturated heterocycles. The van der Waals surface area contributed by atoms with Crippen molar-refractivity contribution in [3.63, 3.8) is 0 Å². The summed E-state index contributed by atoms with van der Waals surface area (Å²) in [4.78, 5) is 1.31. The Balaban J connectivity index is 2.13. The molecule has 17 heavy (non-hydrogen) atoms. The molecule has 2 nitrogen and oxygen atoms in total. The van der Waals surface area contributed by atoms with E-state index in [4.69, 9.17) is 10.5 Å². The van der Waals surface area contributed by atoms with Crippen LogP contribution < -0.4 is 10.5 Å². The lowest BCUT2D eigenvalue weighted by Crippen LogP contribution is -2.31. The molecule has 1 aliphatic rings. The zero-order chi connectivity index (χ0) is 11.9. The van der Waals surface area contributed by atoms with Gasteiger partial charge >= 0.3 is 0 Å². The normalized spacial score (nSPS) is 18.7. The molecule has 90 valence electrons. The number of nitrogens with two attached hydrogens (primary N) is 1. The molecule has 0 unspecified atom stereocenters. The summed E-state index contributed by atoms with van der Waals surface area (Å²) in [5.41, 5.74) is 6.42. The molecule has 0 radical (unpaired) electrons. The smallest absolute Gasteiger partial charge is 0.136 e. The van der Waals surface area contributed by atoms with E-state index in [0.717, 1.165) is 18.6 Å². The van der Waals surface area contributed by atoms with Crippen molar-refractivity contribution in [1.29, 1.82) is 0 Å². The molecule has 0 amide bonds. The van der Waals surface area contributed by atoms with Crippen molar-refractivity contribution in [3.05, 3.63) is 29.1 Å². The zero-order valence-electron chi connectivity index (χ0n) is 10.0. The van der Waals surface area contributed by atoms with Gasteiger partial charge in [-0.15, -0.1) is 11.3 Å². The predicted molar refractivity (Wildman–Crippen MR) is 72.7 cm³/mol. The standard InChI is InChI=1S/C14H17NOS/c1-16-11-6-4-5-10-9-12(17-13(10)11)14(15)7-2-3-8-14/h4-6,9H,2-3,7-8,15H2,1H3. The first-order valence-electron chi connectivity index (χ1n) is 6.09. The quantitative estimate of drug-likeness (QED) is 0.879. The van der Waals surface area contributed by atoms with Crippen molar-refractivity contribution in [2.24, 2.45) is 5.73 Å². The number of ether oxygens (including phenoxy) is 1. The van der Waals surface area contributed by atoms with Gasteiger partial charge in [0.2, 0.25) is 0 Å². The van der Waals surface area contributed by atoms with Gasteiger partial charge < -0.3 is 10.5 Å². The van der Waals surface area contributed by atoms with Crippen LogP contribution in [0.4, 0.5) is 0 Å². The van der Waals surface area contributed by atoms with Crippen molar-refractivity contribution in [2.45, 2.75) is 31.2 Å². The van der Waals surface area contributed by atoms with Crippen molar-refractivity contribution in [2.75, 3.05) is 7.11 Å². The number of hydrogen-bond acceptors (Lipinski definition) is 3. The number of benzene rings is 1. The third-order valence-electron chi connectivity index (χ3n) is 3.71. The summed E-state index contributed by atoms with van der Waals surface area (Å²) >= 11 is 1.79. The number of methoxy groups -OCH3 is 1. The van der Waals surface area contributed by atoms with E-state index in [1.54, 1.807) is 18.4 Å². The Kier molecular flexibility index (Phi) is 2.60. The second-order valence-corrected chi connectivity index (χ2v) is 5.90. The first-order valence-corrected chi connectivity index (χ1v) is 6.90. The van der Waals surface area contributed by atoms with Gasteiger partial charge in [0.15, 0.2) is 0 Å². The molecule has 0 bridgehead atoms. The maximum atomic E-state index is 6.51. The van der Waals surface area contributed by atoms with Crippen LogP contribution in [0.15, 0.2) is 24.3 Å². The largest absolute Gasteiger partial charge is 0.495 e. The monoisotopic (exact) mass is 247 g/mol. The Morgan fingerprint density at radius 3 is 2.76 bits per heavy atom. The Morgan fingerprint density at radius 2 is 2.06 bits per heavy atom. The molecule has 1 aromatic heterocycles. The van der Waals surface area contributed by atoms with E-state index >= 15 is 0 Å². The van der Waals surface area contributed by atoms with Gasteiger partial charge in [-0.1, -0.05) is 25.0 Å². The van der Waals surface area contributed by atoms with Crippen molar-refractivity contribution < 1.29 is 4.74 Å². The minimum Gasteiger partial charge on any atom is -0.495 e. The van der Waals surface area contributed by atoms with Crippen LogP contribution in [0.2, 0.25) is 0 Å². The van der Waals surface area contributed by atoms with Crippen LogP contribution in [0.3, 0.4) is 0 Å². The molecule has 1 aliphatic carbocycles. The van der Waals surface area contributed by atoms with Crippen LogP contribution in [-0.4, -0.2) is 7.11 Å². The Labute approximate surface area is 105 Å². The van der Waals surface area contributed by atoms with E-state index in [1.807, 2.05) is 12.1 Å². The molecular formula is C14H17NOS. The van der Waals surface area contributed by atoms with Gasteiger partial charge in [0, 0.05) is 4.88 Å². The topological polar surface area (TPSA) is 35.2 Å². The van der Waals surface area contributed by atoms with Crippen LogP contribution in [0, 0.1) is 0 Å². The second kappa shape index (κ2) is 4.00. The Bertz CT molecular complexity index is 540. The van der Waals surface area contributed by atoms with Crippen LogP contribution in [0.5, 0.6) is 5.75 Å². The predicted octanol–water partition coefficient (Wildman–Crippen LogP) is 3.64. The van der Waals surface area contributed by atoms with E-state index in [0.29, 0.717) is 0 Å².